The molecule has 0 spiro atoms. The van der Waals surface area contributed by atoms with Gasteiger partial charge in [-0.15, -0.1) is 0 Å². The molecule has 0 aliphatic carbocycles. The molecule has 2 amide bonds. The lowest BCUT2D eigenvalue weighted by Gasteiger charge is -2.35. The maximum Gasteiger partial charge on any atom is 0.257 e. The Hall–Kier alpha value is -2.89. The van der Waals surface area contributed by atoms with Gasteiger partial charge in [0.2, 0.25) is 0 Å². The van der Waals surface area contributed by atoms with E-state index in [4.69, 9.17) is 4.74 Å². The minimum atomic E-state index is -0.294. The fourth-order valence-corrected chi connectivity index (χ4v) is 3.54. The number of ether oxygens (including phenoxy) is 1. The molecule has 1 fully saturated rings. The molecule has 0 saturated carbocycles. The molecule has 1 aromatic heterocycles. The summed E-state index contributed by atoms with van der Waals surface area (Å²) in [6.45, 7) is 5.38. The van der Waals surface area contributed by atoms with Gasteiger partial charge in [0.15, 0.2) is 0 Å². The Morgan fingerprint density at radius 1 is 1.14 bits per heavy atom. The van der Waals surface area contributed by atoms with Crippen LogP contribution in [0.1, 0.15) is 60.2 Å². The van der Waals surface area contributed by atoms with Gasteiger partial charge >= 0.3 is 0 Å². The number of benzene rings is 1. The third-order valence-corrected chi connectivity index (χ3v) is 5.03. The monoisotopic (exact) mass is 381 g/mol. The highest BCUT2D eigenvalue weighted by atomic mass is 16.5. The number of likely N-dealkylation sites (tertiary alicyclic amines) is 1. The fourth-order valence-electron chi connectivity index (χ4n) is 3.54. The summed E-state index contributed by atoms with van der Waals surface area (Å²) in [5.41, 5.74) is 1.48. The van der Waals surface area contributed by atoms with Crippen LogP contribution in [0.25, 0.3) is 0 Å². The minimum absolute atomic E-state index is 0.0465. The lowest BCUT2D eigenvalue weighted by molar-refractivity contribution is 0.0607. The number of hydrogen-bond acceptors (Lipinski definition) is 4. The Labute approximate surface area is 165 Å². The molecular weight excluding hydrogens is 354 g/mol. The second kappa shape index (κ2) is 9.35. The second-order valence-corrected chi connectivity index (χ2v) is 6.93. The predicted octanol–water partition coefficient (Wildman–Crippen LogP) is 4.14. The number of nitrogens with zero attached hydrogens (tertiary/aromatic N) is 2. The number of pyridine rings is 1. The first-order valence-corrected chi connectivity index (χ1v) is 9.92. The second-order valence-electron chi connectivity index (χ2n) is 6.93. The van der Waals surface area contributed by atoms with Crippen LogP contribution >= 0.6 is 0 Å². The lowest BCUT2D eigenvalue weighted by Crippen LogP contribution is -2.43. The molecule has 6 heteroatoms. The van der Waals surface area contributed by atoms with Gasteiger partial charge in [-0.3, -0.25) is 14.6 Å². The number of amides is 2. The van der Waals surface area contributed by atoms with Crippen molar-refractivity contribution in [3.05, 3.63) is 53.9 Å². The van der Waals surface area contributed by atoms with Crippen molar-refractivity contribution >= 4 is 17.5 Å². The van der Waals surface area contributed by atoms with Gasteiger partial charge in [0.05, 0.1) is 17.7 Å². The summed E-state index contributed by atoms with van der Waals surface area (Å²) in [6, 6.07) is 9.07. The number of nitrogens with one attached hydrogen (secondary N) is 1. The first-order valence-electron chi connectivity index (χ1n) is 9.92. The van der Waals surface area contributed by atoms with E-state index in [9.17, 15) is 9.59 Å². The van der Waals surface area contributed by atoms with E-state index in [1.165, 1.54) is 12.4 Å². The topological polar surface area (TPSA) is 71.5 Å². The van der Waals surface area contributed by atoms with Crippen molar-refractivity contribution in [1.82, 2.24) is 9.88 Å². The molecule has 2 heterocycles. The molecule has 1 aromatic carbocycles. The van der Waals surface area contributed by atoms with E-state index in [0.29, 0.717) is 23.4 Å². The third-order valence-electron chi connectivity index (χ3n) is 5.03. The largest absolute Gasteiger partial charge is 0.494 e. The molecule has 1 N–H and O–H groups in total. The van der Waals surface area contributed by atoms with Gasteiger partial charge in [-0.25, -0.2) is 0 Å². The van der Waals surface area contributed by atoms with Gasteiger partial charge in [0, 0.05) is 30.7 Å². The van der Waals surface area contributed by atoms with Gasteiger partial charge < -0.3 is 15.0 Å². The highest BCUT2D eigenvalue weighted by Gasteiger charge is 2.26. The molecule has 1 saturated heterocycles. The van der Waals surface area contributed by atoms with E-state index in [1.807, 2.05) is 11.8 Å². The van der Waals surface area contributed by atoms with E-state index in [-0.39, 0.29) is 17.9 Å². The molecule has 1 aliphatic rings. The van der Waals surface area contributed by atoms with Crippen LogP contribution in [0.4, 0.5) is 5.69 Å². The summed E-state index contributed by atoms with van der Waals surface area (Å²) in [7, 11) is 0. The fraction of sp³-hybridized carbons (Fsp3) is 0.409. The van der Waals surface area contributed by atoms with Crippen molar-refractivity contribution in [3.8, 4) is 5.75 Å². The Morgan fingerprint density at radius 3 is 2.61 bits per heavy atom. The smallest absolute Gasteiger partial charge is 0.257 e. The van der Waals surface area contributed by atoms with Crippen molar-refractivity contribution in [2.75, 3.05) is 18.5 Å². The molecule has 2 aromatic rings. The minimum Gasteiger partial charge on any atom is -0.494 e. The maximum atomic E-state index is 12.9. The van der Waals surface area contributed by atoms with E-state index >= 15 is 0 Å². The van der Waals surface area contributed by atoms with Crippen molar-refractivity contribution in [2.24, 2.45) is 0 Å². The number of aromatic nitrogens is 1. The van der Waals surface area contributed by atoms with E-state index in [0.717, 1.165) is 38.0 Å². The summed E-state index contributed by atoms with van der Waals surface area (Å²) in [6.07, 6.45) is 7.18. The SMILES string of the molecule is CCOc1ccc(NC(=O)c2cncc(C(=O)N3CCCCC3CC)c2)cc1. The van der Waals surface area contributed by atoms with E-state index in [2.05, 4.69) is 17.2 Å². The molecule has 28 heavy (non-hydrogen) atoms. The maximum absolute atomic E-state index is 12.9. The normalized spacial score (nSPS) is 16.5. The molecule has 6 nitrogen and oxygen atoms in total. The molecule has 3 rings (SSSR count). The Balaban J connectivity index is 1.71. The number of carbonyl (C=O) groups excluding carboxylic acids is 2. The van der Waals surface area contributed by atoms with Gasteiger partial charge in [-0.1, -0.05) is 6.92 Å². The lowest BCUT2D eigenvalue weighted by atomic mass is 9.99. The third kappa shape index (κ3) is 4.68. The van der Waals surface area contributed by atoms with Crippen LogP contribution < -0.4 is 10.1 Å². The molecule has 1 unspecified atom stereocenters. The van der Waals surface area contributed by atoms with Crippen LogP contribution in [-0.4, -0.2) is 40.9 Å². The molecule has 0 radical (unpaired) electrons. The Kier molecular flexibility index (Phi) is 6.63. The Morgan fingerprint density at radius 2 is 1.89 bits per heavy atom. The van der Waals surface area contributed by atoms with Gasteiger partial charge in [-0.05, 0) is 62.9 Å². The standard InChI is InChI=1S/C22H27N3O3/c1-3-19-7-5-6-12-25(19)22(27)17-13-16(14-23-15-17)21(26)24-18-8-10-20(11-9-18)28-4-2/h8-11,13-15,19H,3-7,12H2,1-2H3,(H,24,26). The first-order chi connectivity index (χ1) is 13.6. The van der Waals surface area contributed by atoms with Gasteiger partial charge in [0.1, 0.15) is 5.75 Å². The predicted molar refractivity (Wildman–Crippen MR) is 109 cm³/mol. The van der Waals surface area contributed by atoms with E-state index in [1.54, 1.807) is 30.3 Å². The number of rotatable bonds is 6. The van der Waals surface area contributed by atoms with Crippen molar-refractivity contribution in [3.63, 3.8) is 0 Å². The first kappa shape index (κ1) is 19.9. The van der Waals surface area contributed by atoms with Crippen LogP contribution in [0.15, 0.2) is 42.7 Å². The zero-order chi connectivity index (χ0) is 19.9. The molecular formula is C22H27N3O3. The van der Waals surface area contributed by atoms with Crippen LogP contribution in [-0.2, 0) is 0 Å². The van der Waals surface area contributed by atoms with Gasteiger partial charge in [0.25, 0.3) is 11.8 Å². The summed E-state index contributed by atoms with van der Waals surface area (Å²) < 4.78 is 5.40. The number of piperidine rings is 1. The summed E-state index contributed by atoms with van der Waals surface area (Å²) >= 11 is 0. The highest BCUT2D eigenvalue weighted by Crippen LogP contribution is 2.22. The number of carbonyl (C=O) groups is 2. The van der Waals surface area contributed by atoms with Crippen LogP contribution in [0.5, 0.6) is 5.75 Å². The summed E-state index contributed by atoms with van der Waals surface area (Å²) in [4.78, 5) is 31.6. The summed E-state index contributed by atoms with van der Waals surface area (Å²) in [5.74, 6) is 0.411. The van der Waals surface area contributed by atoms with Crippen molar-refractivity contribution in [2.45, 2.75) is 45.6 Å². The average molecular weight is 381 g/mol. The average Bonchev–Trinajstić information content (AvgIpc) is 2.75. The molecule has 0 bridgehead atoms. The number of anilines is 1. The Bertz CT molecular complexity index is 820. The van der Waals surface area contributed by atoms with Crippen molar-refractivity contribution < 1.29 is 14.3 Å². The van der Waals surface area contributed by atoms with Crippen LogP contribution in [0.3, 0.4) is 0 Å². The van der Waals surface area contributed by atoms with Crippen molar-refractivity contribution in [1.29, 1.82) is 0 Å². The zero-order valence-corrected chi connectivity index (χ0v) is 16.5. The van der Waals surface area contributed by atoms with Crippen LogP contribution in [0, 0.1) is 0 Å². The molecule has 1 aliphatic heterocycles. The molecule has 1 atom stereocenters. The number of hydrogen-bond donors (Lipinski definition) is 1. The highest BCUT2D eigenvalue weighted by molar-refractivity contribution is 6.05. The van der Waals surface area contributed by atoms with E-state index < -0.39 is 0 Å². The van der Waals surface area contributed by atoms with Gasteiger partial charge in [-0.2, -0.15) is 0 Å². The molecule has 148 valence electrons. The quantitative estimate of drug-likeness (QED) is 0.816. The zero-order valence-electron chi connectivity index (χ0n) is 16.5. The van der Waals surface area contributed by atoms with Crippen LogP contribution in [0.2, 0.25) is 0 Å². The summed E-state index contributed by atoms with van der Waals surface area (Å²) in [5, 5.41) is 2.83.